The predicted octanol–water partition coefficient (Wildman–Crippen LogP) is 0.712. The van der Waals surface area contributed by atoms with Crippen molar-refractivity contribution >= 4 is 0 Å². The Bertz CT molecular complexity index is 92.9. The first kappa shape index (κ1) is 1.83. The van der Waals surface area contributed by atoms with Crippen LogP contribution >= 0.6 is 0 Å². The molecular formula is C5H11N. The molecule has 0 aliphatic carbocycles. The second kappa shape index (κ2) is 1.61. The molecule has 0 spiro atoms. The molecule has 1 heterocycles. The summed E-state index contributed by atoms with van der Waals surface area (Å²) >= 11 is 0. The van der Waals surface area contributed by atoms with Crippen LogP contribution in [-0.2, 0) is 0 Å². The van der Waals surface area contributed by atoms with Gasteiger partial charge in [0, 0.05) is 4.11 Å². The Morgan fingerprint density at radius 1 is 1.50 bits per heavy atom. The van der Waals surface area contributed by atoms with Gasteiger partial charge < -0.3 is 4.90 Å². The van der Waals surface area contributed by atoms with Gasteiger partial charge in [-0.25, -0.2) is 0 Å². The van der Waals surface area contributed by atoms with E-state index >= 15 is 0 Å². The first-order valence-corrected chi connectivity index (χ1v) is 2.36. The highest BCUT2D eigenvalue weighted by Crippen LogP contribution is 2.01. The van der Waals surface area contributed by atoms with Crippen LogP contribution in [0.25, 0.3) is 0 Å². The number of nitrogens with zero attached hydrogens (tertiary/aromatic N) is 1. The molecule has 0 aromatic carbocycles. The SMILES string of the molecule is [2H]C([2H])([2H])N1CCCC1. The monoisotopic (exact) mass is 88.1 g/mol. The van der Waals surface area contributed by atoms with E-state index < -0.39 is 6.98 Å². The normalized spacial score (nSPS) is 35.0. The van der Waals surface area contributed by atoms with Gasteiger partial charge in [0.05, 0.1) is 0 Å². The zero-order valence-electron chi connectivity index (χ0n) is 6.78. The van der Waals surface area contributed by atoms with Gasteiger partial charge in [-0.15, -0.1) is 0 Å². The number of rotatable bonds is 0. The Morgan fingerprint density at radius 2 is 2.17 bits per heavy atom. The molecule has 1 aliphatic rings. The highest BCUT2D eigenvalue weighted by Gasteiger charge is 2.03. The Morgan fingerprint density at radius 3 is 2.50 bits per heavy atom. The zero-order valence-corrected chi connectivity index (χ0v) is 3.78. The summed E-state index contributed by atoms with van der Waals surface area (Å²) in [5.74, 6) is 0. The van der Waals surface area contributed by atoms with Crippen LogP contribution in [0.2, 0.25) is 0 Å². The van der Waals surface area contributed by atoms with Gasteiger partial charge >= 0.3 is 0 Å². The summed E-state index contributed by atoms with van der Waals surface area (Å²) in [6.45, 7) is -0.344. The van der Waals surface area contributed by atoms with Gasteiger partial charge in [0.2, 0.25) is 0 Å². The Hall–Kier alpha value is -0.0400. The molecule has 0 amide bonds. The molecule has 0 aromatic rings. The smallest absolute Gasteiger partial charge is 0.0394 e. The van der Waals surface area contributed by atoms with Crippen LogP contribution in [0.5, 0.6) is 0 Å². The molecule has 0 aromatic heterocycles. The number of hydrogen-bond acceptors (Lipinski definition) is 1. The lowest BCUT2D eigenvalue weighted by molar-refractivity contribution is 0.418. The fraction of sp³-hybridized carbons (Fsp3) is 1.00. The number of hydrogen-bond donors (Lipinski definition) is 0. The lowest BCUT2D eigenvalue weighted by atomic mass is 10.4. The van der Waals surface area contributed by atoms with Crippen molar-refractivity contribution in [3.63, 3.8) is 0 Å². The van der Waals surface area contributed by atoms with E-state index in [1.54, 1.807) is 4.90 Å². The summed E-state index contributed by atoms with van der Waals surface area (Å²) in [6, 6.07) is 0. The van der Waals surface area contributed by atoms with Gasteiger partial charge in [0.15, 0.2) is 0 Å². The van der Waals surface area contributed by atoms with Crippen LogP contribution in [-0.4, -0.2) is 25.0 Å². The van der Waals surface area contributed by atoms with Gasteiger partial charge in [-0.05, 0) is 32.9 Å². The van der Waals surface area contributed by atoms with Gasteiger partial charge in [-0.3, -0.25) is 0 Å². The maximum Gasteiger partial charge on any atom is 0.0394 e. The highest BCUT2D eigenvalue weighted by atomic mass is 15.1. The molecule has 0 radical (unpaired) electrons. The molecule has 1 fully saturated rings. The second-order valence-corrected chi connectivity index (χ2v) is 1.69. The summed E-state index contributed by atoms with van der Waals surface area (Å²) in [6.07, 6.45) is 2.08. The Kier molecular flexibility index (Phi) is 0.489. The molecule has 36 valence electrons. The van der Waals surface area contributed by atoms with Crippen LogP contribution < -0.4 is 0 Å². The molecule has 1 aliphatic heterocycles. The molecule has 0 saturated carbocycles. The molecule has 0 bridgehead atoms. The number of likely N-dealkylation sites (tertiary alicyclic amines) is 1. The van der Waals surface area contributed by atoms with E-state index in [1.807, 2.05) is 0 Å². The minimum atomic E-state index is -1.84. The minimum absolute atomic E-state index is 0.747. The van der Waals surface area contributed by atoms with Crippen LogP contribution in [0.1, 0.15) is 17.0 Å². The van der Waals surface area contributed by atoms with Crippen LogP contribution in [0.3, 0.4) is 0 Å². The Labute approximate surface area is 43.2 Å². The maximum absolute atomic E-state index is 6.99. The summed E-state index contributed by atoms with van der Waals surface area (Å²) < 4.78 is 21.0. The minimum Gasteiger partial charge on any atom is -0.306 e. The fourth-order valence-electron chi connectivity index (χ4n) is 0.717. The van der Waals surface area contributed by atoms with E-state index in [9.17, 15) is 0 Å². The fourth-order valence-corrected chi connectivity index (χ4v) is 0.717. The topological polar surface area (TPSA) is 3.24 Å². The van der Waals surface area contributed by atoms with Crippen molar-refractivity contribution < 1.29 is 4.11 Å². The first-order valence-electron chi connectivity index (χ1n) is 3.86. The molecule has 0 unspecified atom stereocenters. The predicted molar refractivity (Wildman–Crippen MR) is 26.7 cm³/mol. The second-order valence-electron chi connectivity index (χ2n) is 1.69. The van der Waals surface area contributed by atoms with E-state index in [2.05, 4.69) is 0 Å². The van der Waals surface area contributed by atoms with Crippen LogP contribution in [0.4, 0.5) is 0 Å². The van der Waals surface area contributed by atoms with Gasteiger partial charge in [0.25, 0.3) is 0 Å². The quantitative estimate of drug-likeness (QED) is 0.421. The third-order valence-corrected chi connectivity index (χ3v) is 1.11. The zero-order chi connectivity index (χ0) is 6.91. The third kappa shape index (κ3) is 0.716. The molecule has 1 heteroatoms. The molecule has 1 saturated heterocycles. The van der Waals surface area contributed by atoms with Gasteiger partial charge in [-0.2, -0.15) is 0 Å². The van der Waals surface area contributed by atoms with Crippen molar-refractivity contribution in [1.29, 1.82) is 0 Å². The molecule has 1 rings (SSSR count). The molecular weight excluding hydrogens is 74.1 g/mol. The maximum atomic E-state index is 6.99. The molecule has 0 atom stereocenters. The largest absolute Gasteiger partial charge is 0.306 e. The van der Waals surface area contributed by atoms with E-state index in [1.165, 1.54) is 0 Å². The van der Waals surface area contributed by atoms with Crippen LogP contribution in [0, 0.1) is 0 Å². The van der Waals surface area contributed by atoms with Crippen molar-refractivity contribution in [2.45, 2.75) is 12.8 Å². The summed E-state index contributed by atoms with van der Waals surface area (Å²) in [7, 11) is 0. The lowest BCUT2D eigenvalue weighted by Gasteiger charge is -2.01. The van der Waals surface area contributed by atoms with Crippen molar-refractivity contribution in [1.82, 2.24) is 4.90 Å². The van der Waals surface area contributed by atoms with Gasteiger partial charge in [-0.1, -0.05) is 0 Å². The van der Waals surface area contributed by atoms with Crippen molar-refractivity contribution in [2.75, 3.05) is 20.1 Å². The van der Waals surface area contributed by atoms with Crippen molar-refractivity contribution in [2.24, 2.45) is 0 Å². The average Bonchev–Trinajstić information content (AvgIpc) is 2.08. The third-order valence-electron chi connectivity index (χ3n) is 1.11. The van der Waals surface area contributed by atoms with E-state index in [4.69, 9.17) is 4.11 Å². The first-order chi connectivity index (χ1) is 4.11. The van der Waals surface area contributed by atoms with Crippen molar-refractivity contribution in [3.8, 4) is 0 Å². The lowest BCUT2D eigenvalue weighted by Crippen LogP contribution is -2.10. The summed E-state index contributed by atoms with van der Waals surface area (Å²) in [5.41, 5.74) is 0. The molecule has 6 heavy (non-hydrogen) atoms. The van der Waals surface area contributed by atoms with Gasteiger partial charge in [0.1, 0.15) is 0 Å². The molecule has 0 N–H and O–H groups in total. The van der Waals surface area contributed by atoms with E-state index in [0.717, 1.165) is 25.9 Å². The standard InChI is InChI=1S/C5H11N/c1-6-4-2-3-5-6/h2-5H2,1H3/i1D3. The summed E-state index contributed by atoms with van der Waals surface area (Å²) in [4.78, 5) is 1.55. The average molecular weight is 88.2 g/mol. The summed E-state index contributed by atoms with van der Waals surface area (Å²) in [5, 5.41) is 0. The Balaban J connectivity index is 2.42. The van der Waals surface area contributed by atoms with E-state index in [-0.39, 0.29) is 0 Å². The van der Waals surface area contributed by atoms with Crippen molar-refractivity contribution in [3.05, 3.63) is 0 Å². The highest BCUT2D eigenvalue weighted by molar-refractivity contribution is 4.59. The van der Waals surface area contributed by atoms with Crippen LogP contribution in [0.15, 0.2) is 0 Å². The molecule has 1 nitrogen and oxygen atoms in total. The van der Waals surface area contributed by atoms with E-state index in [0.29, 0.717) is 0 Å².